The summed E-state index contributed by atoms with van der Waals surface area (Å²) in [4.78, 5) is 13.7. The molecule has 0 unspecified atom stereocenters. The van der Waals surface area contributed by atoms with Crippen LogP contribution in [0.1, 0.15) is 23.0 Å². The Hall–Kier alpha value is -2.14. The van der Waals surface area contributed by atoms with Crippen molar-refractivity contribution in [1.82, 2.24) is 4.90 Å². The zero-order chi connectivity index (χ0) is 16.8. The van der Waals surface area contributed by atoms with Crippen LogP contribution >= 0.6 is 11.6 Å². The molecule has 23 heavy (non-hydrogen) atoms. The Morgan fingerprint density at radius 2 is 2.04 bits per heavy atom. The SMILES string of the molecule is CCOc1ccc(C(=O)N(C)CCOc2ccc(C)cc2Cl)o1. The molecule has 0 atom stereocenters. The van der Waals surface area contributed by atoms with Crippen LogP contribution in [0.5, 0.6) is 11.7 Å². The largest absolute Gasteiger partial charge is 0.490 e. The van der Waals surface area contributed by atoms with E-state index >= 15 is 0 Å². The average molecular weight is 338 g/mol. The van der Waals surface area contributed by atoms with E-state index in [1.807, 2.05) is 32.0 Å². The smallest absolute Gasteiger partial charge is 0.289 e. The molecule has 0 fully saturated rings. The first-order chi connectivity index (χ1) is 11.0. The lowest BCUT2D eigenvalue weighted by atomic mass is 10.2. The van der Waals surface area contributed by atoms with Gasteiger partial charge in [0.2, 0.25) is 0 Å². The first kappa shape index (κ1) is 17.2. The normalized spacial score (nSPS) is 10.4. The number of aryl methyl sites for hydroxylation is 1. The van der Waals surface area contributed by atoms with Crippen molar-refractivity contribution in [3.63, 3.8) is 0 Å². The van der Waals surface area contributed by atoms with Crippen molar-refractivity contribution in [3.05, 3.63) is 46.7 Å². The molecule has 0 aliphatic heterocycles. The summed E-state index contributed by atoms with van der Waals surface area (Å²) in [5.41, 5.74) is 1.07. The van der Waals surface area contributed by atoms with Gasteiger partial charge in [-0.25, -0.2) is 0 Å². The molecular formula is C17H20ClNO4. The summed E-state index contributed by atoms with van der Waals surface area (Å²) in [7, 11) is 1.69. The molecule has 0 aliphatic rings. The van der Waals surface area contributed by atoms with Crippen molar-refractivity contribution in [3.8, 4) is 11.7 Å². The molecule has 124 valence electrons. The summed E-state index contributed by atoms with van der Waals surface area (Å²) in [6.07, 6.45) is 0. The summed E-state index contributed by atoms with van der Waals surface area (Å²) < 4.78 is 16.1. The van der Waals surface area contributed by atoms with Crippen molar-refractivity contribution < 1.29 is 18.7 Å². The minimum atomic E-state index is -0.227. The lowest BCUT2D eigenvalue weighted by Crippen LogP contribution is -2.30. The van der Waals surface area contributed by atoms with Crippen LogP contribution in [-0.2, 0) is 0 Å². The van der Waals surface area contributed by atoms with Gasteiger partial charge in [0.1, 0.15) is 12.4 Å². The second kappa shape index (κ2) is 7.92. The molecule has 1 aromatic heterocycles. The predicted octanol–water partition coefficient (Wildman–Crippen LogP) is 3.79. The molecule has 0 spiro atoms. The number of nitrogens with zero attached hydrogens (tertiary/aromatic N) is 1. The third-order valence-electron chi connectivity index (χ3n) is 3.20. The van der Waals surface area contributed by atoms with Gasteiger partial charge in [-0.15, -0.1) is 0 Å². The molecule has 0 saturated carbocycles. The van der Waals surface area contributed by atoms with E-state index in [9.17, 15) is 4.79 Å². The van der Waals surface area contributed by atoms with E-state index in [0.29, 0.717) is 36.5 Å². The summed E-state index contributed by atoms with van der Waals surface area (Å²) in [6, 6.07) is 8.81. The molecule has 0 bridgehead atoms. The standard InChI is InChI=1S/C17H20ClNO4/c1-4-21-16-8-7-15(23-16)17(20)19(3)9-10-22-14-6-5-12(2)11-13(14)18/h5-8,11H,4,9-10H2,1-3H3. The minimum Gasteiger partial charge on any atom is -0.490 e. The van der Waals surface area contributed by atoms with Crippen LogP contribution in [0.25, 0.3) is 0 Å². The van der Waals surface area contributed by atoms with Gasteiger partial charge in [0.25, 0.3) is 11.9 Å². The zero-order valence-corrected chi connectivity index (χ0v) is 14.2. The lowest BCUT2D eigenvalue weighted by Gasteiger charge is -2.16. The molecule has 1 amide bonds. The molecule has 6 heteroatoms. The van der Waals surface area contributed by atoms with Gasteiger partial charge in [-0.2, -0.15) is 0 Å². The number of furan rings is 1. The van der Waals surface area contributed by atoms with E-state index in [1.165, 1.54) is 4.90 Å². The van der Waals surface area contributed by atoms with Crippen molar-refractivity contribution in [2.24, 2.45) is 0 Å². The van der Waals surface area contributed by atoms with E-state index in [-0.39, 0.29) is 11.7 Å². The Labute approximate surface area is 140 Å². The first-order valence-electron chi connectivity index (χ1n) is 7.38. The predicted molar refractivity (Wildman–Crippen MR) is 88.5 cm³/mol. The fraction of sp³-hybridized carbons (Fsp3) is 0.353. The van der Waals surface area contributed by atoms with Gasteiger partial charge in [-0.3, -0.25) is 4.79 Å². The molecule has 1 heterocycles. The lowest BCUT2D eigenvalue weighted by molar-refractivity contribution is 0.0734. The Kier molecular flexibility index (Phi) is 5.93. The number of ether oxygens (including phenoxy) is 2. The van der Waals surface area contributed by atoms with E-state index in [0.717, 1.165) is 5.56 Å². The maximum Gasteiger partial charge on any atom is 0.289 e. The maximum atomic E-state index is 12.2. The fourth-order valence-corrected chi connectivity index (χ4v) is 2.25. The van der Waals surface area contributed by atoms with Crippen LogP contribution in [0.15, 0.2) is 34.7 Å². The molecule has 1 aromatic carbocycles. The molecule has 0 saturated heterocycles. The van der Waals surface area contributed by atoms with Gasteiger partial charge >= 0.3 is 0 Å². The monoisotopic (exact) mass is 337 g/mol. The number of amides is 1. The molecule has 2 aromatic rings. The third-order valence-corrected chi connectivity index (χ3v) is 3.49. The van der Waals surface area contributed by atoms with Gasteiger partial charge in [0, 0.05) is 13.1 Å². The number of likely N-dealkylation sites (N-methyl/N-ethyl adjacent to an activating group) is 1. The Morgan fingerprint density at radius 1 is 1.26 bits per heavy atom. The maximum absolute atomic E-state index is 12.2. The van der Waals surface area contributed by atoms with Crippen LogP contribution in [-0.4, -0.2) is 37.6 Å². The van der Waals surface area contributed by atoms with Crippen LogP contribution in [0.2, 0.25) is 5.02 Å². The highest BCUT2D eigenvalue weighted by atomic mass is 35.5. The van der Waals surface area contributed by atoms with Crippen LogP contribution in [0.4, 0.5) is 0 Å². The number of hydrogen-bond acceptors (Lipinski definition) is 4. The number of hydrogen-bond donors (Lipinski definition) is 0. The average Bonchev–Trinajstić information content (AvgIpc) is 2.97. The second-order valence-electron chi connectivity index (χ2n) is 5.06. The van der Waals surface area contributed by atoms with Crippen molar-refractivity contribution in [2.75, 3.05) is 26.8 Å². The Bertz CT molecular complexity index is 668. The quantitative estimate of drug-likeness (QED) is 0.771. The third kappa shape index (κ3) is 4.66. The van der Waals surface area contributed by atoms with E-state index in [2.05, 4.69) is 0 Å². The highest BCUT2D eigenvalue weighted by Crippen LogP contribution is 2.25. The zero-order valence-electron chi connectivity index (χ0n) is 13.5. The highest BCUT2D eigenvalue weighted by Gasteiger charge is 2.16. The van der Waals surface area contributed by atoms with Crippen molar-refractivity contribution >= 4 is 17.5 Å². The van der Waals surface area contributed by atoms with Gasteiger partial charge < -0.3 is 18.8 Å². The van der Waals surface area contributed by atoms with Crippen LogP contribution in [0, 0.1) is 6.92 Å². The first-order valence-corrected chi connectivity index (χ1v) is 7.76. The number of benzene rings is 1. The molecule has 0 aliphatic carbocycles. The van der Waals surface area contributed by atoms with Crippen molar-refractivity contribution in [2.45, 2.75) is 13.8 Å². The topological polar surface area (TPSA) is 51.9 Å². The van der Waals surface area contributed by atoms with Crippen LogP contribution in [0.3, 0.4) is 0 Å². The molecular weight excluding hydrogens is 318 g/mol. The number of carbonyl (C=O) groups excluding carboxylic acids is 1. The fourth-order valence-electron chi connectivity index (χ4n) is 1.96. The Balaban J connectivity index is 1.86. The molecule has 2 rings (SSSR count). The summed E-state index contributed by atoms with van der Waals surface area (Å²) in [5.74, 6) is 0.959. The van der Waals surface area contributed by atoms with Gasteiger partial charge in [-0.05, 0) is 37.6 Å². The number of rotatable bonds is 7. The molecule has 5 nitrogen and oxygen atoms in total. The van der Waals surface area contributed by atoms with E-state index < -0.39 is 0 Å². The highest BCUT2D eigenvalue weighted by molar-refractivity contribution is 6.32. The summed E-state index contributed by atoms with van der Waals surface area (Å²) in [6.45, 7) is 5.05. The molecule has 0 radical (unpaired) electrons. The van der Waals surface area contributed by atoms with Crippen molar-refractivity contribution in [1.29, 1.82) is 0 Å². The second-order valence-corrected chi connectivity index (χ2v) is 5.47. The number of halogens is 1. The molecule has 0 N–H and O–H groups in total. The van der Waals surface area contributed by atoms with Crippen LogP contribution < -0.4 is 9.47 Å². The van der Waals surface area contributed by atoms with E-state index in [4.69, 9.17) is 25.5 Å². The van der Waals surface area contributed by atoms with Gasteiger partial charge in [0.05, 0.1) is 18.2 Å². The van der Waals surface area contributed by atoms with Gasteiger partial charge in [-0.1, -0.05) is 17.7 Å². The summed E-state index contributed by atoms with van der Waals surface area (Å²) in [5, 5.41) is 0.561. The summed E-state index contributed by atoms with van der Waals surface area (Å²) >= 11 is 6.10. The Morgan fingerprint density at radius 3 is 2.74 bits per heavy atom. The number of carbonyl (C=O) groups is 1. The minimum absolute atomic E-state index is 0.227. The van der Waals surface area contributed by atoms with E-state index in [1.54, 1.807) is 19.2 Å². The van der Waals surface area contributed by atoms with Gasteiger partial charge in [0.15, 0.2) is 5.76 Å².